The summed E-state index contributed by atoms with van der Waals surface area (Å²) in [5.41, 5.74) is -4.19. The molecular formula is C31H35Cl2F3N4O8. The predicted molar refractivity (Wildman–Crippen MR) is 164 cm³/mol. The summed E-state index contributed by atoms with van der Waals surface area (Å²) in [6.07, 6.45) is -9.24. The highest BCUT2D eigenvalue weighted by molar-refractivity contribution is 6.53. The zero-order valence-corrected chi connectivity index (χ0v) is 28.0. The lowest BCUT2D eigenvalue weighted by Crippen LogP contribution is -2.64. The summed E-state index contributed by atoms with van der Waals surface area (Å²) >= 11 is 11.4. The van der Waals surface area contributed by atoms with E-state index in [4.69, 9.17) is 37.4 Å². The highest BCUT2D eigenvalue weighted by Gasteiger charge is 2.72. The van der Waals surface area contributed by atoms with Gasteiger partial charge in [-0.15, -0.1) is 16.8 Å². The number of hydrogen-bond donors (Lipinski definition) is 1. The highest BCUT2D eigenvalue weighted by Crippen LogP contribution is 2.68. The van der Waals surface area contributed by atoms with Crippen molar-refractivity contribution in [1.29, 1.82) is 0 Å². The van der Waals surface area contributed by atoms with E-state index < -0.39 is 87.1 Å². The number of carbonyl (C=O) groups excluding carboxylic acids is 5. The predicted octanol–water partition coefficient (Wildman–Crippen LogP) is 5.48. The fourth-order valence-corrected chi connectivity index (χ4v) is 8.10. The average Bonchev–Trinajstić information content (AvgIpc) is 3.32. The van der Waals surface area contributed by atoms with Gasteiger partial charge in [-0.05, 0) is 55.9 Å². The molecule has 4 rings (SSSR count). The molecule has 12 nitrogen and oxygen atoms in total. The fraction of sp³-hybridized carbons (Fsp3) is 0.613. The third-order valence-corrected chi connectivity index (χ3v) is 11.0. The third-order valence-electron chi connectivity index (χ3n) is 10.7. The first-order valence-electron chi connectivity index (χ1n) is 15.0. The van der Waals surface area contributed by atoms with Crippen molar-refractivity contribution in [3.63, 3.8) is 0 Å². The van der Waals surface area contributed by atoms with Gasteiger partial charge in [0, 0.05) is 22.7 Å². The molecule has 1 heterocycles. The molecule has 2 unspecified atom stereocenters. The number of halogens is 5. The molecular weight excluding hydrogens is 684 g/mol. The molecule has 2 amide bonds. The average molecular weight is 720 g/mol. The second-order valence-electron chi connectivity index (χ2n) is 13.1. The van der Waals surface area contributed by atoms with Crippen LogP contribution in [0.1, 0.15) is 63.9 Å². The number of carbonyl (C=O) groups is 5. The van der Waals surface area contributed by atoms with Crippen molar-refractivity contribution in [3.05, 3.63) is 30.5 Å². The maximum atomic E-state index is 14.3. The number of aliphatic imine (C=N–C) groups is 1. The first-order chi connectivity index (χ1) is 22.2. The van der Waals surface area contributed by atoms with E-state index in [1.165, 1.54) is 25.1 Å². The van der Waals surface area contributed by atoms with Gasteiger partial charge in [0.15, 0.2) is 23.4 Å². The Hall–Kier alpha value is -3.59. The SMILES string of the molecule is C=C[C@]1(C)C[C@@H](OC(=O)NC(=O)c2ccc(N=C)nn2)[C@]2(C)C(C)CC[C@]3(C[C@H](OC(=O)C(Cl)Cl)C(=O)C32)[C@@H](C)[C@@H]1OC(=O)C(F)(F)F. The van der Waals surface area contributed by atoms with Crippen molar-refractivity contribution < 1.29 is 51.4 Å². The largest absolute Gasteiger partial charge is 0.490 e. The summed E-state index contributed by atoms with van der Waals surface area (Å²) in [4.78, 5) is 67.3. The third kappa shape index (κ3) is 6.55. The standard InChI is InChI=1S/C31H35Cl2F3N4O8/c1-7-28(4)13-18(47-27(45)38-24(42)16-8-9-19(37-6)40-39-16)29(5)14(2)10-11-30(15(3)22(28)48-26(44)31(34,35)36)12-17(20(41)21(29)30)46-25(43)23(32)33/h7-9,14-15,17-18,21-23H,1,6,10-13H2,2-5H3,(H,38,42,45)/t14?,15-,17-,18+,21?,22-,28+,29-,30-/m0/s1. The zero-order valence-electron chi connectivity index (χ0n) is 26.5. The van der Waals surface area contributed by atoms with Crippen molar-refractivity contribution in [2.75, 3.05) is 0 Å². The molecule has 0 spiro atoms. The molecule has 17 heteroatoms. The number of alkyl carbamates (subject to hydrolysis) is 1. The van der Waals surface area contributed by atoms with Crippen LogP contribution >= 0.6 is 23.2 Å². The molecule has 0 radical (unpaired) electrons. The molecule has 0 aliphatic heterocycles. The lowest BCUT2D eigenvalue weighted by atomic mass is 9.44. The Balaban J connectivity index is 1.83. The molecule has 3 saturated carbocycles. The van der Waals surface area contributed by atoms with Crippen LogP contribution in [0.4, 0.5) is 23.8 Å². The Morgan fingerprint density at radius 2 is 1.77 bits per heavy atom. The number of nitrogens with zero attached hydrogens (tertiary/aromatic N) is 3. The maximum Gasteiger partial charge on any atom is 0.490 e. The van der Waals surface area contributed by atoms with E-state index in [1.807, 2.05) is 6.92 Å². The Labute approximate surface area is 284 Å². The van der Waals surface area contributed by atoms with Crippen molar-refractivity contribution in [3.8, 4) is 0 Å². The van der Waals surface area contributed by atoms with E-state index in [0.717, 1.165) is 0 Å². The van der Waals surface area contributed by atoms with Gasteiger partial charge in [0.1, 0.15) is 12.2 Å². The number of ketones is 1. The summed E-state index contributed by atoms with van der Waals surface area (Å²) in [6.45, 7) is 13.8. The molecule has 262 valence electrons. The molecule has 2 bridgehead atoms. The van der Waals surface area contributed by atoms with Crippen molar-refractivity contribution in [2.24, 2.45) is 39.0 Å². The van der Waals surface area contributed by atoms with E-state index in [0.29, 0.717) is 6.42 Å². The second-order valence-corrected chi connectivity index (χ2v) is 14.2. The minimum absolute atomic E-state index is 0.128. The molecule has 3 aliphatic rings. The van der Waals surface area contributed by atoms with Gasteiger partial charge < -0.3 is 14.2 Å². The minimum atomic E-state index is -5.35. The summed E-state index contributed by atoms with van der Waals surface area (Å²) in [5, 5.41) is 9.43. The summed E-state index contributed by atoms with van der Waals surface area (Å²) < 4.78 is 57.5. The van der Waals surface area contributed by atoms with Crippen LogP contribution in [-0.2, 0) is 28.6 Å². The lowest BCUT2D eigenvalue weighted by Gasteiger charge is -2.61. The minimum Gasteiger partial charge on any atom is -0.454 e. The van der Waals surface area contributed by atoms with Gasteiger partial charge in [-0.25, -0.2) is 19.4 Å². The molecule has 1 aromatic rings. The van der Waals surface area contributed by atoms with E-state index in [2.05, 4.69) is 33.8 Å². The number of esters is 2. The maximum absolute atomic E-state index is 14.3. The number of Topliss-reactive ketones (excluding diaryl/α,β-unsaturated/α-hetero) is 1. The van der Waals surface area contributed by atoms with Crippen LogP contribution in [0.25, 0.3) is 0 Å². The summed E-state index contributed by atoms with van der Waals surface area (Å²) in [5.74, 6) is -7.33. The van der Waals surface area contributed by atoms with Crippen LogP contribution in [0.3, 0.4) is 0 Å². The van der Waals surface area contributed by atoms with Crippen molar-refractivity contribution >= 4 is 65.5 Å². The number of ether oxygens (including phenoxy) is 3. The number of imide groups is 1. The zero-order chi connectivity index (χ0) is 36.0. The van der Waals surface area contributed by atoms with Crippen LogP contribution in [0.15, 0.2) is 29.8 Å². The number of alkyl halides is 5. The molecule has 9 atom stereocenters. The second kappa shape index (κ2) is 13.4. The van der Waals surface area contributed by atoms with Crippen LogP contribution in [0, 0.1) is 34.0 Å². The van der Waals surface area contributed by atoms with E-state index >= 15 is 0 Å². The number of rotatable bonds is 7. The van der Waals surface area contributed by atoms with Gasteiger partial charge in [0.05, 0.1) is 0 Å². The summed E-state index contributed by atoms with van der Waals surface area (Å²) in [7, 11) is 0. The van der Waals surface area contributed by atoms with Crippen molar-refractivity contribution in [2.45, 2.75) is 82.7 Å². The Morgan fingerprint density at radius 3 is 2.31 bits per heavy atom. The van der Waals surface area contributed by atoms with Crippen LogP contribution in [0.2, 0.25) is 0 Å². The molecule has 1 N–H and O–H groups in total. The van der Waals surface area contributed by atoms with Crippen LogP contribution in [-0.4, -0.2) is 76.0 Å². The molecule has 1 aromatic heterocycles. The molecule has 3 aliphatic carbocycles. The van der Waals surface area contributed by atoms with Gasteiger partial charge in [0.2, 0.25) is 4.84 Å². The monoisotopic (exact) mass is 718 g/mol. The first-order valence-corrected chi connectivity index (χ1v) is 15.9. The van der Waals surface area contributed by atoms with Gasteiger partial charge in [0.25, 0.3) is 5.91 Å². The molecule has 0 saturated heterocycles. The lowest BCUT2D eigenvalue weighted by molar-refractivity contribution is -0.229. The quantitative estimate of drug-likeness (QED) is 0.126. The first kappa shape index (κ1) is 37.2. The van der Waals surface area contributed by atoms with E-state index in [1.54, 1.807) is 13.8 Å². The Kier molecular flexibility index (Phi) is 10.4. The smallest absolute Gasteiger partial charge is 0.454 e. The number of aromatic nitrogens is 2. The molecule has 48 heavy (non-hydrogen) atoms. The molecule has 0 aromatic carbocycles. The normalized spacial score (nSPS) is 34.6. The topological polar surface area (TPSA) is 163 Å². The number of amides is 2. The Morgan fingerprint density at radius 1 is 1.10 bits per heavy atom. The van der Waals surface area contributed by atoms with E-state index in [9.17, 15) is 37.1 Å². The Bertz CT molecular complexity index is 1510. The summed E-state index contributed by atoms with van der Waals surface area (Å²) in [6, 6.07) is 2.58. The van der Waals surface area contributed by atoms with Gasteiger partial charge in [-0.3, -0.25) is 14.9 Å². The van der Waals surface area contributed by atoms with Gasteiger partial charge in [-0.1, -0.05) is 57.0 Å². The highest BCUT2D eigenvalue weighted by atomic mass is 35.5. The fourth-order valence-electron chi connectivity index (χ4n) is 8.00. The van der Waals surface area contributed by atoms with Gasteiger partial charge in [-0.2, -0.15) is 13.2 Å². The number of nitrogens with one attached hydrogen (secondary N) is 1. The number of hydrogen-bond acceptors (Lipinski definition) is 11. The molecule has 3 fully saturated rings. The van der Waals surface area contributed by atoms with Crippen LogP contribution in [0.5, 0.6) is 0 Å². The van der Waals surface area contributed by atoms with E-state index in [-0.39, 0.29) is 36.7 Å². The van der Waals surface area contributed by atoms with Crippen molar-refractivity contribution in [1.82, 2.24) is 15.5 Å². The van der Waals surface area contributed by atoms with Gasteiger partial charge >= 0.3 is 24.2 Å². The van der Waals surface area contributed by atoms with Crippen LogP contribution < -0.4 is 5.32 Å².